The van der Waals surface area contributed by atoms with E-state index in [-0.39, 0.29) is 11.3 Å². The standard InChI is InChI=1S/C21H19ClN2O/c22-18-7-10-20-17(12-18)11-15-3-1-2-4-16(15)13-24(20)21(25)14-5-8-19(23)9-6-14/h1-10,18H,11-13,23H2. The van der Waals surface area contributed by atoms with Gasteiger partial charge in [0.25, 0.3) is 5.91 Å². The molecule has 1 unspecified atom stereocenters. The Hall–Kier alpha value is -2.52. The van der Waals surface area contributed by atoms with E-state index in [1.54, 1.807) is 24.3 Å². The summed E-state index contributed by atoms with van der Waals surface area (Å²) < 4.78 is 0. The van der Waals surface area contributed by atoms with E-state index in [9.17, 15) is 4.79 Å². The quantitative estimate of drug-likeness (QED) is 0.616. The molecule has 1 aliphatic heterocycles. The second-order valence-corrected chi connectivity index (χ2v) is 7.09. The Labute approximate surface area is 152 Å². The van der Waals surface area contributed by atoms with Gasteiger partial charge in [-0.3, -0.25) is 4.79 Å². The molecule has 2 aliphatic rings. The number of hydrogen-bond acceptors (Lipinski definition) is 2. The van der Waals surface area contributed by atoms with Crippen LogP contribution in [0.3, 0.4) is 0 Å². The molecule has 1 aliphatic carbocycles. The van der Waals surface area contributed by atoms with Gasteiger partial charge in [-0.05, 0) is 59.9 Å². The summed E-state index contributed by atoms with van der Waals surface area (Å²) in [6.45, 7) is 0.565. The average molecular weight is 351 g/mol. The summed E-state index contributed by atoms with van der Waals surface area (Å²) in [6.07, 6.45) is 5.58. The van der Waals surface area contributed by atoms with Gasteiger partial charge in [-0.15, -0.1) is 11.6 Å². The van der Waals surface area contributed by atoms with Crippen LogP contribution in [0.4, 0.5) is 5.69 Å². The van der Waals surface area contributed by atoms with Crippen LogP contribution in [0.2, 0.25) is 0 Å². The van der Waals surface area contributed by atoms with Gasteiger partial charge < -0.3 is 10.6 Å². The molecule has 1 heterocycles. The number of halogens is 1. The van der Waals surface area contributed by atoms with E-state index in [1.165, 1.54) is 16.7 Å². The highest BCUT2D eigenvalue weighted by Gasteiger charge is 2.28. The Morgan fingerprint density at radius 1 is 1.08 bits per heavy atom. The highest BCUT2D eigenvalue weighted by Crippen LogP contribution is 2.34. The normalized spacial score (nSPS) is 19.2. The van der Waals surface area contributed by atoms with E-state index >= 15 is 0 Å². The topological polar surface area (TPSA) is 46.3 Å². The molecule has 25 heavy (non-hydrogen) atoms. The third-order valence-corrected chi connectivity index (χ3v) is 5.11. The average Bonchev–Trinajstić information content (AvgIpc) is 2.77. The Kier molecular flexibility index (Phi) is 4.10. The third kappa shape index (κ3) is 3.08. The van der Waals surface area contributed by atoms with Crippen LogP contribution in [-0.2, 0) is 13.0 Å². The molecule has 0 bridgehead atoms. The monoisotopic (exact) mass is 350 g/mol. The Morgan fingerprint density at radius 2 is 1.80 bits per heavy atom. The number of fused-ring (bicyclic) bond motifs is 1. The number of nitrogen functional groups attached to an aromatic ring is 1. The van der Waals surface area contributed by atoms with Gasteiger partial charge in [-0.25, -0.2) is 0 Å². The maximum atomic E-state index is 13.2. The van der Waals surface area contributed by atoms with E-state index < -0.39 is 0 Å². The molecule has 1 atom stereocenters. The predicted octanol–water partition coefficient (Wildman–Crippen LogP) is 4.29. The lowest BCUT2D eigenvalue weighted by atomic mass is 9.94. The van der Waals surface area contributed by atoms with Crippen LogP contribution < -0.4 is 5.73 Å². The van der Waals surface area contributed by atoms with Crippen LogP contribution in [0, 0.1) is 0 Å². The summed E-state index contributed by atoms with van der Waals surface area (Å²) in [5, 5.41) is -0.0162. The van der Waals surface area contributed by atoms with Gasteiger partial charge in [0.05, 0.1) is 11.9 Å². The largest absolute Gasteiger partial charge is 0.399 e. The van der Waals surface area contributed by atoms with Crippen molar-refractivity contribution in [3.63, 3.8) is 0 Å². The van der Waals surface area contributed by atoms with Gasteiger partial charge >= 0.3 is 0 Å². The molecule has 0 spiro atoms. The van der Waals surface area contributed by atoms with Gasteiger partial charge in [0.15, 0.2) is 0 Å². The number of nitrogens with two attached hydrogens (primary N) is 1. The maximum Gasteiger partial charge on any atom is 0.258 e. The predicted molar refractivity (Wildman–Crippen MR) is 101 cm³/mol. The minimum absolute atomic E-state index is 0.0122. The number of rotatable bonds is 1. The lowest BCUT2D eigenvalue weighted by Crippen LogP contribution is -2.30. The van der Waals surface area contributed by atoms with Crippen LogP contribution in [0.1, 0.15) is 27.9 Å². The summed E-state index contributed by atoms with van der Waals surface area (Å²) >= 11 is 6.34. The Morgan fingerprint density at radius 3 is 2.56 bits per heavy atom. The summed E-state index contributed by atoms with van der Waals surface area (Å²) in [5.41, 5.74) is 11.7. The SMILES string of the molecule is Nc1ccc(C(=O)N2Cc3ccccc3CC3=C2C=CC(Cl)C3)cc1. The van der Waals surface area contributed by atoms with E-state index in [1.807, 2.05) is 29.2 Å². The number of carbonyl (C=O) groups is 1. The van der Waals surface area contributed by atoms with Crippen molar-refractivity contribution in [2.24, 2.45) is 0 Å². The molecule has 4 rings (SSSR count). The zero-order valence-corrected chi connectivity index (χ0v) is 14.5. The van der Waals surface area contributed by atoms with Crippen LogP contribution in [0.25, 0.3) is 0 Å². The number of anilines is 1. The number of nitrogens with zero attached hydrogens (tertiary/aromatic N) is 1. The van der Waals surface area contributed by atoms with E-state index in [0.717, 1.165) is 18.5 Å². The molecule has 3 nitrogen and oxygen atoms in total. The number of allylic oxidation sites excluding steroid dienone is 3. The zero-order valence-electron chi connectivity index (χ0n) is 13.8. The molecule has 0 saturated heterocycles. The molecule has 4 heteroatoms. The minimum atomic E-state index is -0.0162. The molecule has 0 aromatic heterocycles. The van der Waals surface area contributed by atoms with Crippen LogP contribution >= 0.6 is 11.6 Å². The molecule has 1 amide bonds. The van der Waals surface area contributed by atoms with E-state index in [0.29, 0.717) is 17.8 Å². The summed E-state index contributed by atoms with van der Waals surface area (Å²) in [7, 11) is 0. The van der Waals surface area contributed by atoms with Gasteiger partial charge in [-0.1, -0.05) is 30.3 Å². The van der Waals surface area contributed by atoms with Crippen molar-refractivity contribution in [3.05, 3.63) is 88.6 Å². The molecule has 0 saturated carbocycles. The fourth-order valence-corrected chi connectivity index (χ4v) is 3.76. The van der Waals surface area contributed by atoms with Crippen molar-refractivity contribution in [2.75, 3.05) is 5.73 Å². The summed E-state index contributed by atoms with van der Waals surface area (Å²) in [6, 6.07) is 15.4. The van der Waals surface area contributed by atoms with Crippen molar-refractivity contribution < 1.29 is 4.79 Å². The number of alkyl halides is 1. The van der Waals surface area contributed by atoms with E-state index in [2.05, 4.69) is 12.1 Å². The number of amides is 1. The van der Waals surface area contributed by atoms with Gasteiger partial charge in [-0.2, -0.15) is 0 Å². The van der Waals surface area contributed by atoms with Crippen LogP contribution in [0.15, 0.2) is 72.0 Å². The summed E-state index contributed by atoms with van der Waals surface area (Å²) in [5.74, 6) is -0.0122. The molecule has 0 fully saturated rings. The fourth-order valence-electron chi connectivity index (χ4n) is 3.50. The van der Waals surface area contributed by atoms with Crippen molar-refractivity contribution in [3.8, 4) is 0 Å². The molecule has 0 radical (unpaired) electrons. The Balaban J connectivity index is 1.78. The summed E-state index contributed by atoms with van der Waals surface area (Å²) in [4.78, 5) is 15.1. The number of carbonyl (C=O) groups excluding carboxylic acids is 1. The fraction of sp³-hybridized carbons (Fsp3) is 0.190. The van der Waals surface area contributed by atoms with Crippen LogP contribution in [0.5, 0.6) is 0 Å². The lowest BCUT2D eigenvalue weighted by Gasteiger charge is -2.27. The van der Waals surface area contributed by atoms with Gasteiger partial charge in [0, 0.05) is 16.9 Å². The first kappa shape index (κ1) is 16.0. The highest BCUT2D eigenvalue weighted by atomic mass is 35.5. The van der Waals surface area contributed by atoms with Crippen molar-refractivity contribution in [2.45, 2.75) is 24.8 Å². The molecule has 126 valence electrons. The third-order valence-electron chi connectivity index (χ3n) is 4.81. The molecule has 2 aromatic rings. The lowest BCUT2D eigenvalue weighted by molar-refractivity contribution is 0.0800. The smallest absolute Gasteiger partial charge is 0.258 e. The van der Waals surface area contributed by atoms with E-state index in [4.69, 9.17) is 17.3 Å². The highest BCUT2D eigenvalue weighted by molar-refractivity contribution is 6.22. The van der Waals surface area contributed by atoms with Crippen molar-refractivity contribution >= 4 is 23.2 Å². The first-order valence-corrected chi connectivity index (χ1v) is 8.84. The van der Waals surface area contributed by atoms with Crippen LogP contribution in [-0.4, -0.2) is 16.2 Å². The molecular weight excluding hydrogens is 332 g/mol. The first-order chi connectivity index (χ1) is 12.1. The van der Waals surface area contributed by atoms with Crippen molar-refractivity contribution in [1.29, 1.82) is 0 Å². The van der Waals surface area contributed by atoms with Gasteiger partial charge in [0.1, 0.15) is 0 Å². The van der Waals surface area contributed by atoms with Crippen molar-refractivity contribution in [1.82, 2.24) is 4.90 Å². The van der Waals surface area contributed by atoms with Gasteiger partial charge in [0.2, 0.25) is 0 Å². The zero-order chi connectivity index (χ0) is 17.4. The Bertz CT molecular complexity index is 883. The molecule has 2 N–H and O–H groups in total. The second-order valence-electron chi connectivity index (χ2n) is 6.53. The number of benzene rings is 2. The molecule has 2 aromatic carbocycles. The first-order valence-electron chi connectivity index (χ1n) is 8.40. The number of hydrogen-bond donors (Lipinski definition) is 1. The second kappa shape index (κ2) is 6.41. The maximum absolute atomic E-state index is 13.2. The molecular formula is C21H19ClN2O. The minimum Gasteiger partial charge on any atom is -0.399 e.